The molecular formula is C19H18FN3O2. The van der Waals surface area contributed by atoms with E-state index in [0.29, 0.717) is 18.8 Å². The molecule has 0 fully saturated rings. The number of benzene rings is 2. The van der Waals surface area contributed by atoms with E-state index in [1.54, 1.807) is 6.20 Å². The third-order valence-electron chi connectivity index (χ3n) is 3.86. The van der Waals surface area contributed by atoms with Crippen molar-refractivity contribution in [3.8, 4) is 5.75 Å². The Kier molecular flexibility index (Phi) is 5.09. The van der Waals surface area contributed by atoms with Gasteiger partial charge in [-0.05, 0) is 35.4 Å². The van der Waals surface area contributed by atoms with Crippen LogP contribution < -0.4 is 10.1 Å². The molecule has 1 aromatic heterocycles. The molecule has 6 heteroatoms. The SMILES string of the molecule is COc1ccc(F)cc1C(=O)NCc1ccccc1Cn1cccn1. The first kappa shape index (κ1) is 16.7. The van der Waals surface area contributed by atoms with Gasteiger partial charge in [0.25, 0.3) is 5.91 Å². The van der Waals surface area contributed by atoms with Crippen molar-refractivity contribution >= 4 is 5.91 Å². The minimum absolute atomic E-state index is 0.173. The summed E-state index contributed by atoms with van der Waals surface area (Å²) in [6, 6.07) is 13.5. The second kappa shape index (κ2) is 7.61. The van der Waals surface area contributed by atoms with Gasteiger partial charge in [-0.15, -0.1) is 0 Å². The Labute approximate surface area is 145 Å². The second-order valence-corrected chi connectivity index (χ2v) is 5.50. The van der Waals surface area contributed by atoms with Crippen LogP contribution in [0, 0.1) is 5.82 Å². The fourth-order valence-electron chi connectivity index (χ4n) is 2.58. The fourth-order valence-corrected chi connectivity index (χ4v) is 2.58. The number of hydrogen-bond acceptors (Lipinski definition) is 3. The minimum Gasteiger partial charge on any atom is -0.496 e. The summed E-state index contributed by atoms with van der Waals surface area (Å²) in [4.78, 5) is 12.4. The molecule has 25 heavy (non-hydrogen) atoms. The monoisotopic (exact) mass is 339 g/mol. The molecule has 0 saturated heterocycles. The molecule has 0 spiro atoms. The van der Waals surface area contributed by atoms with Crippen molar-refractivity contribution in [1.29, 1.82) is 0 Å². The molecule has 2 aromatic carbocycles. The molecule has 0 bridgehead atoms. The number of nitrogens with zero attached hydrogens (tertiary/aromatic N) is 2. The van der Waals surface area contributed by atoms with Gasteiger partial charge in [0.1, 0.15) is 11.6 Å². The molecule has 0 unspecified atom stereocenters. The van der Waals surface area contributed by atoms with Crippen LogP contribution in [0.3, 0.4) is 0 Å². The van der Waals surface area contributed by atoms with Crippen LogP contribution in [0.2, 0.25) is 0 Å². The number of hydrogen-bond donors (Lipinski definition) is 1. The van der Waals surface area contributed by atoms with Gasteiger partial charge in [0.2, 0.25) is 0 Å². The Morgan fingerprint density at radius 2 is 2.00 bits per heavy atom. The average molecular weight is 339 g/mol. The molecule has 3 aromatic rings. The van der Waals surface area contributed by atoms with E-state index in [9.17, 15) is 9.18 Å². The van der Waals surface area contributed by atoms with E-state index < -0.39 is 5.82 Å². The van der Waals surface area contributed by atoms with Crippen LogP contribution in [0.1, 0.15) is 21.5 Å². The number of aromatic nitrogens is 2. The van der Waals surface area contributed by atoms with Crippen molar-refractivity contribution < 1.29 is 13.9 Å². The summed E-state index contributed by atoms with van der Waals surface area (Å²) >= 11 is 0. The first-order valence-electron chi connectivity index (χ1n) is 7.83. The number of ether oxygens (including phenoxy) is 1. The third kappa shape index (κ3) is 4.03. The Balaban J connectivity index is 1.74. The quantitative estimate of drug-likeness (QED) is 0.751. The highest BCUT2D eigenvalue weighted by Gasteiger charge is 2.14. The van der Waals surface area contributed by atoms with Crippen LogP contribution >= 0.6 is 0 Å². The lowest BCUT2D eigenvalue weighted by Crippen LogP contribution is -2.24. The maximum atomic E-state index is 13.4. The minimum atomic E-state index is -0.481. The first-order valence-corrected chi connectivity index (χ1v) is 7.83. The number of amides is 1. The summed E-state index contributed by atoms with van der Waals surface area (Å²) in [6.07, 6.45) is 3.60. The molecule has 0 saturated carbocycles. The largest absolute Gasteiger partial charge is 0.496 e. The van der Waals surface area contributed by atoms with Gasteiger partial charge in [0.15, 0.2) is 0 Å². The van der Waals surface area contributed by atoms with Gasteiger partial charge >= 0.3 is 0 Å². The van der Waals surface area contributed by atoms with Crippen LogP contribution in [0.4, 0.5) is 4.39 Å². The molecule has 0 aliphatic carbocycles. The Morgan fingerprint density at radius 1 is 1.20 bits per heavy atom. The predicted octanol–water partition coefficient (Wildman–Crippen LogP) is 3.01. The predicted molar refractivity (Wildman–Crippen MR) is 91.9 cm³/mol. The number of carbonyl (C=O) groups excluding carboxylic acids is 1. The topological polar surface area (TPSA) is 56.1 Å². The maximum absolute atomic E-state index is 13.4. The van der Waals surface area contributed by atoms with Gasteiger partial charge in [-0.25, -0.2) is 4.39 Å². The highest BCUT2D eigenvalue weighted by Crippen LogP contribution is 2.19. The number of rotatable bonds is 6. The lowest BCUT2D eigenvalue weighted by Gasteiger charge is -2.12. The van der Waals surface area contributed by atoms with Crippen molar-refractivity contribution in [2.24, 2.45) is 0 Å². The summed E-state index contributed by atoms with van der Waals surface area (Å²) in [6.45, 7) is 0.943. The Hall–Kier alpha value is -3.15. The van der Waals surface area contributed by atoms with Crippen molar-refractivity contribution in [3.63, 3.8) is 0 Å². The Bertz CT molecular complexity index is 863. The van der Waals surface area contributed by atoms with Gasteiger partial charge in [-0.2, -0.15) is 5.10 Å². The van der Waals surface area contributed by atoms with Crippen LogP contribution in [0.15, 0.2) is 60.9 Å². The van der Waals surface area contributed by atoms with E-state index in [-0.39, 0.29) is 11.5 Å². The summed E-state index contributed by atoms with van der Waals surface area (Å²) in [7, 11) is 1.45. The van der Waals surface area contributed by atoms with E-state index in [2.05, 4.69) is 10.4 Å². The van der Waals surface area contributed by atoms with Crippen LogP contribution in [-0.4, -0.2) is 22.8 Å². The molecule has 0 radical (unpaired) electrons. The number of methoxy groups -OCH3 is 1. The smallest absolute Gasteiger partial charge is 0.255 e. The fraction of sp³-hybridized carbons (Fsp3) is 0.158. The molecule has 0 aliphatic rings. The molecule has 0 atom stereocenters. The molecule has 3 rings (SSSR count). The standard InChI is InChI=1S/C19H18FN3O2/c1-25-18-8-7-16(20)11-17(18)19(24)21-12-14-5-2-3-6-15(14)13-23-10-4-9-22-23/h2-11H,12-13H2,1H3,(H,21,24). The molecule has 5 nitrogen and oxygen atoms in total. The van der Waals surface area contributed by atoms with Gasteiger partial charge in [-0.3, -0.25) is 9.48 Å². The number of halogens is 1. The van der Waals surface area contributed by atoms with E-state index >= 15 is 0 Å². The highest BCUT2D eigenvalue weighted by molar-refractivity contribution is 5.96. The van der Waals surface area contributed by atoms with Crippen LogP contribution in [0.25, 0.3) is 0 Å². The molecular weight excluding hydrogens is 321 g/mol. The van der Waals surface area contributed by atoms with E-state index in [1.807, 2.05) is 41.2 Å². The van der Waals surface area contributed by atoms with E-state index in [0.717, 1.165) is 11.1 Å². The zero-order valence-electron chi connectivity index (χ0n) is 13.8. The van der Waals surface area contributed by atoms with Crippen LogP contribution in [0.5, 0.6) is 5.75 Å². The highest BCUT2D eigenvalue weighted by atomic mass is 19.1. The third-order valence-corrected chi connectivity index (χ3v) is 3.86. The molecule has 1 amide bonds. The molecule has 1 heterocycles. The first-order chi connectivity index (χ1) is 12.2. The van der Waals surface area contributed by atoms with Gasteiger partial charge in [0.05, 0.1) is 19.2 Å². The summed E-state index contributed by atoms with van der Waals surface area (Å²) in [5, 5.41) is 7.02. The van der Waals surface area contributed by atoms with E-state index in [1.165, 1.54) is 25.3 Å². The van der Waals surface area contributed by atoms with Gasteiger partial charge in [0, 0.05) is 18.9 Å². The Morgan fingerprint density at radius 3 is 2.72 bits per heavy atom. The van der Waals surface area contributed by atoms with Crippen molar-refractivity contribution in [2.75, 3.05) is 7.11 Å². The molecule has 1 N–H and O–H groups in total. The summed E-state index contributed by atoms with van der Waals surface area (Å²) in [5.74, 6) is -0.529. The zero-order chi connectivity index (χ0) is 17.6. The van der Waals surface area contributed by atoms with Crippen molar-refractivity contribution in [2.45, 2.75) is 13.1 Å². The normalized spacial score (nSPS) is 10.5. The zero-order valence-corrected chi connectivity index (χ0v) is 13.8. The molecule has 0 aliphatic heterocycles. The second-order valence-electron chi connectivity index (χ2n) is 5.50. The lowest BCUT2D eigenvalue weighted by molar-refractivity contribution is 0.0947. The number of carbonyl (C=O) groups is 1. The maximum Gasteiger partial charge on any atom is 0.255 e. The van der Waals surface area contributed by atoms with Gasteiger partial charge < -0.3 is 10.1 Å². The van der Waals surface area contributed by atoms with Gasteiger partial charge in [-0.1, -0.05) is 24.3 Å². The van der Waals surface area contributed by atoms with Crippen molar-refractivity contribution in [3.05, 3.63) is 83.4 Å². The van der Waals surface area contributed by atoms with Crippen molar-refractivity contribution in [1.82, 2.24) is 15.1 Å². The summed E-state index contributed by atoms with van der Waals surface area (Å²) < 4.78 is 20.4. The number of nitrogens with one attached hydrogen (secondary N) is 1. The van der Waals surface area contributed by atoms with E-state index in [4.69, 9.17) is 4.74 Å². The van der Waals surface area contributed by atoms with Crippen LogP contribution in [-0.2, 0) is 13.1 Å². The lowest BCUT2D eigenvalue weighted by atomic mass is 10.1. The summed E-state index contributed by atoms with van der Waals surface area (Å²) in [5.41, 5.74) is 2.20. The molecule has 128 valence electrons. The average Bonchev–Trinajstić information content (AvgIpc) is 3.13.